The first-order valence-corrected chi connectivity index (χ1v) is 11.8. The van der Waals surface area contributed by atoms with Crippen LogP contribution in [-0.4, -0.2) is 79.7 Å². The molecular formula is C25H28F3N5O4. The molecule has 2 aromatic carbocycles. The van der Waals surface area contributed by atoms with Crippen molar-refractivity contribution in [1.82, 2.24) is 15.5 Å². The molecule has 1 N–H and O–H groups in total. The molecule has 2 fully saturated rings. The Morgan fingerprint density at radius 2 is 1.89 bits per heavy atom. The minimum Gasteiger partial charge on any atom is -0.488 e. The van der Waals surface area contributed by atoms with Crippen LogP contribution in [0.25, 0.3) is 11.1 Å². The van der Waals surface area contributed by atoms with Crippen LogP contribution in [0.2, 0.25) is 0 Å². The molecule has 0 spiro atoms. The number of likely N-dealkylation sites (N-methyl/N-ethyl adjacent to an activating group) is 2. The molecular weight excluding hydrogens is 491 g/mol. The summed E-state index contributed by atoms with van der Waals surface area (Å²) >= 11 is 0. The fraction of sp³-hybridized carbons (Fsp3) is 0.440. The van der Waals surface area contributed by atoms with Crippen molar-refractivity contribution in [3.63, 3.8) is 0 Å². The predicted octanol–water partition coefficient (Wildman–Crippen LogP) is 2.77. The molecule has 0 bridgehead atoms. The van der Waals surface area contributed by atoms with Gasteiger partial charge in [0.1, 0.15) is 18.4 Å². The monoisotopic (exact) mass is 519 g/mol. The smallest absolute Gasteiger partial charge is 0.488 e. The first-order valence-electron chi connectivity index (χ1n) is 11.8. The number of hydrazine groups is 1. The number of hydrogen-bond donors (Lipinski definition) is 1. The number of alkyl halides is 3. The molecule has 0 aromatic heterocycles. The number of nitrogens with one attached hydrogen (secondary N) is 1. The van der Waals surface area contributed by atoms with E-state index in [4.69, 9.17) is 4.74 Å². The van der Waals surface area contributed by atoms with E-state index in [2.05, 4.69) is 27.0 Å². The maximum Gasteiger partial charge on any atom is 0.492 e. The van der Waals surface area contributed by atoms with Gasteiger partial charge in [-0.05, 0) is 43.8 Å². The zero-order valence-corrected chi connectivity index (χ0v) is 20.9. The largest absolute Gasteiger partial charge is 0.492 e. The molecule has 9 nitrogen and oxygen atoms in total. The average molecular weight is 520 g/mol. The molecule has 0 radical (unpaired) electrons. The number of likely N-dealkylation sites (tertiary alicyclic amines) is 1. The highest BCUT2D eigenvalue weighted by atomic mass is 19.4. The van der Waals surface area contributed by atoms with Gasteiger partial charge in [-0.2, -0.15) is 13.2 Å². The second-order valence-corrected chi connectivity index (χ2v) is 9.98. The summed E-state index contributed by atoms with van der Waals surface area (Å²) in [6, 6.07) is 12.8. The first kappa shape index (κ1) is 25.2. The summed E-state index contributed by atoms with van der Waals surface area (Å²) in [5.74, 6) is -2.57. The van der Waals surface area contributed by atoms with Crippen LogP contribution in [0.1, 0.15) is 13.8 Å². The van der Waals surface area contributed by atoms with E-state index in [0.29, 0.717) is 16.6 Å². The third kappa shape index (κ3) is 4.33. The summed E-state index contributed by atoms with van der Waals surface area (Å²) < 4.78 is 44.7. The Bertz CT molecular complexity index is 1220. The summed E-state index contributed by atoms with van der Waals surface area (Å²) in [6.07, 6.45) is -6.23. The summed E-state index contributed by atoms with van der Waals surface area (Å²) in [4.78, 5) is 34.8. The number of nitrogens with zero attached hydrogens (tertiary/aromatic N) is 4. The number of carbonyl (C=O) groups excluding carboxylic acids is 2. The lowest BCUT2D eigenvalue weighted by Crippen LogP contribution is -2.70. The number of ether oxygens (including phenoxy) is 1. The van der Waals surface area contributed by atoms with E-state index in [1.807, 2.05) is 56.6 Å². The van der Waals surface area contributed by atoms with Crippen molar-refractivity contribution in [1.29, 1.82) is 0 Å². The van der Waals surface area contributed by atoms with Gasteiger partial charge in [-0.15, -0.1) is 0 Å². The zero-order chi connectivity index (χ0) is 26.7. The van der Waals surface area contributed by atoms with Crippen molar-refractivity contribution in [2.24, 2.45) is 0 Å². The standard InChI is InChI=1S/C25H28F3N5O4/c1-15-22(34)29-33(37-23(35)25(26,27)28)21-12-36-20-10-17(16-8-6-5-7-9-16)18(11-19(20)32(15)21)31(4)24(2)13-30(3)14-24/h5-11,15,21H,12-14H2,1-4H3,(H,29,34). The van der Waals surface area contributed by atoms with Crippen molar-refractivity contribution in [2.75, 3.05) is 43.6 Å². The van der Waals surface area contributed by atoms with E-state index >= 15 is 0 Å². The number of carbonyl (C=O) groups is 2. The van der Waals surface area contributed by atoms with E-state index in [1.165, 1.54) is 0 Å². The summed E-state index contributed by atoms with van der Waals surface area (Å²) in [5.41, 5.74) is 5.37. The highest BCUT2D eigenvalue weighted by Gasteiger charge is 2.49. The van der Waals surface area contributed by atoms with E-state index in [9.17, 15) is 22.8 Å². The van der Waals surface area contributed by atoms with Crippen molar-refractivity contribution in [3.8, 4) is 16.9 Å². The lowest BCUT2D eigenvalue weighted by Gasteiger charge is -2.53. The van der Waals surface area contributed by atoms with Gasteiger partial charge in [0.2, 0.25) is 0 Å². The van der Waals surface area contributed by atoms with Gasteiger partial charge in [0.15, 0.2) is 6.17 Å². The van der Waals surface area contributed by atoms with Gasteiger partial charge in [-0.3, -0.25) is 10.2 Å². The molecule has 37 heavy (non-hydrogen) atoms. The van der Waals surface area contributed by atoms with E-state index < -0.39 is 30.3 Å². The van der Waals surface area contributed by atoms with Crippen LogP contribution in [-0.2, 0) is 14.4 Å². The molecule has 2 atom stereocenters. The third-order valence-corrected chi connectivity index (χ3v) is 7.24. The molecule has 2 unspecified atom stereocenters. The quantitative estimate of drug-likeness (QED) is 0.661. The van der Waals surface area contributed by atoms with E-state index in [0.717, 1.165) is 29.9 Å². The molecule has 2 saturated heterocycles. The Hall–Kier alpha value is -3.51. The van der Waals surface area contributed by atoms with Gasteiger partial charge in [0.25, 0.3) is 5.91 Å². The van der Waals surface area contributed by atoms with Crippen LogP contribution in [0, 0.1) is 0 Å². The van der Waals surface area contributed by atoms with Crippen molar-refractivity contribution >= 4 is 23.3 Å². The number of hydroxylamine groups is 1. The Balaban J connectivity index is 1.59. The Morgan fingerprint density at radius 1 is 1.22 bits per heavy atom. The van der Waals surface area contributed by atoms with E-state index in [-0.39, 0.29) is 12.1 Å². The fourth-order valence-corrected chi connectivity index (χ4v) is 5.30. The number of fused-ring (bicyclic) bond motifs is 3. The van der Waals surface area contributed by atoms with Gasteiger partial charge in [-0.1, -0.05) is 30.3 Å². The molecule has 3 aliphatic heterocycles. The number of amides is 1. The maximum absolute atomic E-state index is 12.9. The topological polar surface area (TPSA) is 77.6 Å². The second kappa shape index (κ2) is 8.80. The highest BCUT2D eigenvalue weighted by molar-refractivity contribution is 5.90. The molecule has 3 heterocycles. The van der Waals surface area contributed by atoms with Gasteiger partial charge < -0.3 is 24.3 Å². The number of halogens is 3. The normalized spacial score (nSPS) is 23.2. The zero-order valence-electron chi connectivity index (χ0n) is 20.9. The maximum atomic E-state index is 12.9. The summed E-state index contributed by atoms with van der Waals surface area (Å²) in [5, 5.41) is 0.526. The third-order valence-electron chi connectivity index (χ3n) is 7.24. The Kier molecular flexibility index (Phi) is 5.99. The van der Waals surface area contributed by atoms with Crippen LogP contribution in [0.3, 0.4) is 0 Å². The average Bonchev–Trinajstić information content (AvgIpc) is 2.84. The molecule has 1 amide bonds. The van der Waals surface area contributed by atoms with Gasteiger partial charge in [0.05, 0.1) is 11.2 Å². The highest BCUT2D eigenvalue weighted by Crippen LogP contribution is 2.46. The Labute approximate surface area is 212 Å². The van der Waals surface area contributed by atoms with Crippen LogP contribution in [0.4, 0.5) is 24.5 Å². The molecule has 3 aliphatic rings. The number of rotatable bonds is 4. The lowest BCUT2D eigenvalue weighted by atomic mass is 9.89. The van der Waals surface area contributed by atoms with Crippen LogP contribution >= 0.6 is 0 Å². The first-order chi connectivity index (χ1) is 17.4. The Morgan fingerprint density at radius 3 is 2.51 bits per heavy atom. The van der Waals surface area contributed by atoms with Crippen molar-refractivity contribution < 1.29 is 32.3 Å². The molecule has 0 saturated carbocycles. The van der Waals surface area contributed by atoms with Crippen molar-refractivity contribution in [2.45, 2.75) is 37.8 Å². The van der Waals surface area contributed by atoms with Crippen LogP contribution in [0.15, 0.2) is 42.5 Å². The van der Waals surface area contributed by atoms with Gasteiger partial charge >= 0.3 is 12.1 Å². The number of hydrogen-bond acceptors (Lipinski definition) is 8. The number of anilines is 2. The fourth-order valence-electron chi connectivity index (χ4n) is 5.30. The van der Waals surface area contributed by atoms with E-state index in [1.54, 1.807) is 11.8 Å². The summed E-state index contributed by atoms with van der Waals surface area (Å²) in [7, 11) is 4.05. The van der Waals surface area contributed by atoms with Gasteiger partial charge in [-0.25, -0.2) is 4.79 Å². The molecule has 12 heteroatoms. The van der Waals surface area contributed by atoms with Crippen molar-refractivity contribution in [3.05, 3.63) is 42.5 Å². The lowest BCUT2D eigenvalue weighted by molar-refractivity contribution is -0.265. The van der Waals surface area contributed by atoms with Gasteiger partial charge in [0, 0.05) is 31.4 Å². The molecule has 198 valence electrons. The molecule has 0 aliphatic carbocycles. The van der Waals surface area contributed by atoms with Crippen LogP contribution < -0.4 is 20.0 Å². The SMILES string of the molecule is CC1C(=O)NN(OC(=O)C(F)(F)F)C2COc3cc(-c4ccccc4)c(N(C)C4(C)CN(C)C4)cc3N12. The van der Waals surface area contributed by atoms with Crippen LogP contribution in [0.5, 0.6) is 5.75 Å². The minimum atomic E-state index is -5.22. The predicted molar refractivity (Wildman–Crippen MR) is 130 cm³/mol. The second-order valence-electron chi connectivity index (χ2n) is 9.98. The summed E-state index contributed by atoms with van der Waals surface area (Å²) in [6.45, 7) is 5.34. The minimum absolute atomic E-state index is 0.144. The number of benzene rings is 2. The molecule has 5 rings (SSSR count). The molecule has 2 aromatic rings.